The van der Waals surface area contributed by atoms with Crippen molar-refractivity contribution in [1.82, 2.24) is 19.1 Å². The lowest BCUT2D eigenvalue weighted by molar-refractivity contribution is -0.118. The van der Waals surface area contributed by atoms with Crippen molar-refractivity contribution in [2.45, 2.75) is 39.0 Å². The van der Waals surface area contributed by atoms with Gasteiger partial charge < -0.3 is 19.8 Å². The fourth-order valence-electron chi connectivity index (χ4n) is 6.90. The van der Waals surface area contributed by atoms with Gasteiger partial charge in [0.25, 0.3) is 0 Å². The van der Waals surface area contributed by atoms with Crippen molar-refractivity contribution >= 4 is 45.3 Å². The molecule has 2 saturated carbocycles. The molecule has 4 heterocycles. The van der Waals surface area contributed by atoms with Gasteiger partial charge in [-0.1, -0.05) is 42.5 Å². The van der Waals surface area contributed by atoms with E-state index >= 15 is 4.39 Å². The van der Waals surface area contributed by atoms with E-state index < -0.39 is 0 Å². The Kier molecular flexibility index (Phi) is 6.75. The minimum Gasteiger partial charge on any atom is -0.342 e. The van der Waals surface area contributed by atoms with E-state index in [4.69, 9.17) is 0 Å². The molecule has 8 rings (SSSR count). The van der Waals surface area contributed by atoms with E-state index in [9.17, 15) is 9.59 Å². The molecule has 2 fully saturated rings. The van der Waals surface area contributed by atoms with Crippen LogP contribution in [0.1, 0.15) is 41.9 Å². The van der Waals surface area contributed by atoms with E-state index in [1.807, 2.05) is 55.9 Å². The number of fused-ring (bicyclic) bond motifs is 2. The first-order valence-electron chi connectivity index (χ1n) is 16.1. The van der Waals surface area contributed by atoms with Crippen molar-refractivity contribution in [3.05, 3.63) is 95.6 Å². The molecule has 4 aromatic heterocycles. The number of nitrogens with one attached hydrogen (secondary N) is 2. The molecule has 0 bridgehead atoms. The molecule has 2 amide bonds. The summed E-state index contributed by atoms with van der Waals surface area (Å²) >= 11 is 0. The molecule has 6 aromatic rings. The molecule has 236 valence electrons. The van der Waals surface area contributed by atoms with Crippen molar-refractivity contribution in [3.8, 4) is 22.5 Å². The number of hydrogen-bond acceptors (Lipinski definition) is 4. The first-order chi connectivity index (χ1) is 22.7. The van der Waals surface area contributed by atoms with Crippen LogP contribution in [0.2, 0.25) is 0 Å². The lowest BCUT2D eigenvalue weighted by atomic mass is 9.99. The number of hydrogen-bond donors (Lipinski definition) is 2. The zero-order valence-corrected chi connectivity index (χ0v) is 26.8. The molecule has 47 heavy (non-hydrogen) atoms. The van der Waals surface area contributed by atoms with Crippen LogP contribution in [0.4, 0.5) is 16.0 Å². The van der Waals surface area contributed by atoms with Crippen LogP contribution in [0.25, 0.3) is 44.3 Å². The number of aromatic nitrogens is 4. The second-order valence-electron chi connectivity index (χ2n) is 13.1. The third-order valence-corrected chi connectivity index (χ3v) is 9.89. The molecule has 8 nitrogen and oxygen atoms in total. The fourth-order valence-corrected chi connectivity index (χ4v) is 6.90. The lowest BCUT2D eigenvalue weighted by Crippen LogP contribution is -2.15. The molecule has 9 heteroatoms. The highest BCUT2D eigenvalue weighted by Gasteiger charge is 2.44. The summed E-state index contributed by atoms with van der Waals surface area (Å²) in [5, 5.41) is 7.32. The summed E-state index contributed by atoms with van der Waals surface area (Å²) in [5.74, 6) is 0.601. The largest absolute Gasteiger partial charge is 0.342 e. The van der Waals surface area contributed by atoms with Crippen molar-refractivity contribution < 1.29 is 14.0 Å². The zero-order valence-electron chi connectivity index (χ0n) is 26.8. The highest BCUT2D eigenvalue weighted by Crippen LogP contribution is 2.49. The Labute approximate surface area is 271 Å². The Morgan fingerprint density at radius 3 is 2.28 bits per heavy atom. The maximum absolute atomic E-state index is 15.7. The molecular weight excluding hydrogens is 591 g/mol. The predicted molar refractivity (Wildman–Crippen MR) is 183 cm³/mol. The topological polar surface area (TPSA) is 93.8 Å². The standard InChI is InChI=1S/C38H35FN6O2/c1-20-7-5-6-8-26(20)36-35(39)29-17-34(41-19-32(29)45(36)4)43-38(47)28-16-27(28)23-11-12-25(21(2)13-23)30-14-24-15-33(40-18-31(24)44(30)3)42-37(46)22-9-10-22/h5-8,11-15,17-19,22,27-28H,9-10,16H2,1-4H3,(H,40,42,46)(H,41,43,47)/t27-,28?/m0/s1. The van der Waals surface area contributed by atoms with Gasteiger partial charge >= 0.3 is 0 Å². The maximum Gasteiger partial charge on any atom is 0.229 e. The summed E-state index contributed by atoms with van der Waals surface area (Å²) in [6.07, 6.45) is 6.07. The highest BCUT2D eigenvalue weighted by atomic mass is 19.1. The summed E-state index contributed by atoms with van der Waals surface area (Å²) < 4.78 is 19.7. The normalized spacial score (nSPS) is 17.3. The Balaban J connectivity index is 0.984. The van der Waals surface area contributed by atoms with E-state index in [2.05, 4.69) is 56.4 Å². The number of carbonyl (C=O) groups excluding carboxylic acids is 2. The quantitative estimate of drug-likeness (QED) is 0.190. The van der Waals surface area contributed by atoms with Gasteiger partial charge in [-0.15, -0.1) is 0 Å². The summed E-state index contributed by atoms with van der Waals surface area (Å²) in [7, 11) is 3.85. The van der Waals surface area contributed by atoms with Crippen LogP contribution in [-0.4, -0.2) is 30.9 Å². The minimum absolute atomic E-state index is 0.0430. The highest BCUT2D eigenvalue weighted by molar-refractivity contribution is 5.98. The predicted octanol–water partition coefficient (Wildman–Crippen LogP) is 7.64. The number of rotatable bonds is 7. The Bertz CT molecular complexity index is 2260. The number of halogens is 1. The fraction of sp³-hybridized carbons (Fsp3) is 0.263. The molecule has 0 spiro atoms. The number of anilines is 2. The number of aryl methyl sites for hydroxylation is 4. The Morgan fingerprint density at radius 1 is 0.809 bits per heavy atom. The van der Waals surface area contributed by atoms with Crippen LogP contribution in [0, 0.1) is 31.5 Å². The monoisotopic (exact) mass is 626 g/mol. The van der Waals surface area contributed by atoms with E-state index in [0.717, 1.165) is 63.7 Å². The molecular formula is C38H35FN6O2. The van der Waals surface area contributed by atoms with Crippen LogP contribution in [0.3, 0.4) is 0 Å². The molecule has 0 saturated heterocycles. The Hall–Kier alpha value is -5.31. The molecule has 2 aliphatic carbocycles. The number of nitrogens with zero attached hydrogens (tertiary/aromatic N) is 4. The van der Waals surface area contributed by atoms with Crippen molar-refractivity contribution in [2.24, 2.45) is 25.9 Å². The van der Waals surface area contributed by atoms with Gasteiger partial charge in [0.15, 0.2) is 5.82 Å². The van der Waals surface area contributed by atoms with E-state index in [-0.39, 0.29) is 35.4 Å². The average molecular weight is 627 g/mol. The van der Waals surface area contributed by atoms with Gasteiger partial charge in [-0.25, -0.2) is 14.4 Å². The van der Waals surface area contributed by atoms with Gasteiger partial charge in [0.05, 0.1) is 29.1 Å². The molecule has 2 atom stereocenters. The molecule has 2 aliphatic rings. The van der Waals surface area contributed by atoms with E-state index in [0.29, 0.717) is 28.2 Å². The van der Waals surface area contributed by atoms with Crippen LogP contribution >= 0.6 is 0 Å². The van der Waals surface area contributed by atoms with Gasteiger partial charge in [-0.2, -0.15) is 0 Å². The zero-order chi connectivity index (χ0) is 32.6. The molecule has 0 radical (unpaired) electrons. The lowest BCUT2D eigenvalue weighted by Gasteiger charge is -2.11. The van der Waals surface area contributed by atoms with Crippen molar-refractivity contribution in [2.75, 3.05) is 10.6 Å². The van der Waals surface area contributed by atoms with Crippen molar-refractivity contribution in [3.63, 3.8) is 0 Å². The minimum atomic E-state index is -0.322. The smallest absolute Gasteiger partial charge is 0.229 e. The molecule has 0 aliphatic heterocycles. The van der Waals surface area contributed by atoms with Crippen LogP contribution in [-0.2, 0) is 23.7 Å². The summed E-state index contributed by atoms with van der Waals surface area (Å²) in [5.41, 5.74) is 8.38. The maximum atomic E-state index is 15.7. The van der Waals surface area contributed by atoms with E-state index in [1.54, 1.807) is 18.5 Å². The second-order valence-corrected chi connectivity index (χ2v) is 13.1. The van der Waals surface area contributed by atoms with Gasteiger partial charge in [0.1, 0.15) is 11.6 Å². The van der Waals surface area contributed by atoms with Crippen LogP contribution in [0.15, 0.2) is 73.1 Å². The average Bonchev–Trinajstić information content (AvgIpc) is 3.99. The van der Waals surface area contributed by atoms with Crippen LogP contribution in [0.5, 0.6) is 0 Å². The Morgan fingerprint density at radius 2 is 1.53 bits per heavy atom. The summed E-state index contributed by atoms with van der Waals surface area (Å²) in [6.45, 7) is 4.05. The molecule has 1 unspecified atom stereocenters. The molecule has 2 aromatic carbocycles. The SMILES string of the molecule is Cc1cc([C@@H]2CC2C(=O)Nc2cc3c(F)c(-c4ccccc4C)n(C)c3cn2)ccc1-c1cc2cc(NC(=O)C3CC3)ncc2n1C. The van der Waals surface area contributed by atoms with Gasteiger partial charge in [-0.05, 0) is 73.9 Å². The van der Waals surface area contributed by atoms with Crippen molar-refractivity contribution in [1.29, 1.82) is 0 Å². The number of benzene rings is 2. The third-order valence-electron chi connectivity index (χ3n) is 9.89. The van der Waals surface area contributed by atoms with Gasteiger partial charge in [-0.3, -0.25) is 9.59 Å². The number of amides is 2. The molecule has 2 N–H and O–H groups in total. The number of pyridine rings is 2. The van der Waals surface area contributed by atoms with Gasteiger partial charge in [0.2, 0.25) is 11.8 Å². The first kappa shape index (κ1) is 29.1. The summed E-state index contributed by atoms with van der Waals surface area (Å²) in [6, 6.07) is 19.8. The second kappa shape index (κ2) is 10.9. The first-order valence-corrected chi connectivity index (χ1v) is 16.1. The third kappa shape index (κ3) is 5.06. The van der Waals surface area contributed by atoms with E-state index in [1.165, 1.54) is 0 Å². The van der Waals surface area contributed by atoms with Gasteiger partial charge in [0, 0.05) is 53.5 Å². The number of carbonyl (C=O) groups is 2. The summed E-state index contributed by atoms with van der Waals surface area (Å²) in [4.78, 5) is 34.4. The van der Waals surface area contributed by atoms with Crippen LogP contribution < -0.4 is 10.6 Å².